The highest BCUT2D eigenvalue weighted by atomic mass is 16.4. The first kappa shape index (κ1) is 17.0. The number of carboxylic acids is 1. The predicted octanol–water partition coefficient (Wildman–Crippen LogP) is 1.63. The van der Waals surface area contributed by atoms with E-state index in [9.17, 15) is 14.7 Å². The number of nitrogens with zero attached hydrogens (tertiary/aromatic N) is 2. The van der Waals surface area contributed by atoms with E-state index in [-0.39, 0.29) is 11.5 Å². The average Bonchev–Trinajstić information content (AvgIpc) is 2.63. The van der Waals surface area contributed by atoms with Crippen LogP contribution < -0.4 is 10.0 Å². The van der Waals surface area contributed by atoms with Gasteiger partial charge < -0.3 is 19.7 Å². The minimum atomic E-state index is -1.24. The molecule has 0 saturated carbocycles. The number of aromatic carboxylic acids is 1. The fourth-order valence-electron chi connectivity index (χ4n) is 3.02. The molecule has 0 aliphatic carbocycles. The molecule has 0 radical (unpaired) electrons. The van der Waals surface area contributed by atoms with Crippen LogP contribution in [0.3, 0.4) is 0 Å². The van der Waals surface area contributed by atoms with Crippen molar-refractivity contribution in [2.45, 2.75) is 13.8 Å². The van der Waals surface area contributed by atoms with Gasteiger partial charge in [0.1, 0.15) is 0 Å². The Kier molecular flexibility index (Phi) is 4.74. The number of anilines is 1. The Morgan fingerprint density at radius 3 is 2.00 bits per heavy atom. The first-order chi connectivity index (χ1) is 12.0. The van der Waals surface area contributed by atoms with Crippen molar-refractivity contribution in [2.24, 2.45) is 0 Å². The SMILES string of the molecule is Cc1ccc(N2CCN(C(=O)c3ccc(C(=O)[O-])cc3)CC2)cc1C. The summed E-state index contributed by atoms with van der Waals surface area (Å²) in [6.07, 6.45) is 0. The van der Waals surface area contributed by atoms with E-state index >= 15 is 0 Å². The molecule has 1 aliphatic rings. The molecule has 5 nitrogen and oxygen atoms in total. The summed E-state index contributed by atoms with van der Waals surface area (Å²) < 4.78 is 0. The molecule has 2 aromatic carbocycles. The van der Waals surface area contributed by atoms with E-state index in [2.05, 4.69) is 36.9 Å². The zero-order chi connectivity index (χ0) is 18.0. The molecule has 25 heavy (non-hydrogen) atoms. The summed E-state index contributed by atoms with van der Waals surface area (Å²) in [4.78, 5) is 27.5. The summed E-state index contributed by atoms with van der Waals surface area (Å²) in [6.45, 7) is 7.06. The first-order valence-electron chi connectivity index (χ1n) is 8.38. The summed E-state index contributed by atoms with van der Waals surface area (Å²) >= 11 is 0. The van der Waals surface area contributed by atoms with E-state index in [4.69, 9.17) is 0 Å². The van der Waals surface area contributed by atoms with Gasteiger partial charge in [-0.15, -0.1) is 0 Å². The van der Waals surface area contributed by atoms with Crippen LogP contribution in [0, 0.1) is 13.8 Å². The summed E-state index contributed by atoms with van der Waals surface area (Å²) in [5.74, 6) is -1.30. The molecule has 0 atom stereocenters. The van der Waals surface area contributed by atoms with Crippen molar-refractivity contribution in [2.75, 3.05) is 31.1 Å². The van der Waals surface area contributed by atoms with E-state index in [1.165, 1.54) is 28.9 Å². The van der Waals surface area contributed by atoms with Gasteiger partial charge in [0, 0.05) is 37.4 Å². The predicted molar refractivity (Wildman–Crippen MR) is 94.8 cm³/mol. The number of aryl methyl sites for hydroxylation is 2. The zero-order valence-electron chi connectivity index (χ0n) is 14.5. The molecule has 1 fully saturated rings. The number of carboxylic acid groups (broad SMARTS) is 1. The fraction of sp³-hybridized carbons (Fsp3) is 0.300. The van der Waals surface area contributed by atoms with Gasteiger partial charge in [-0.05, 0) is 54.8 Å². The van der Waals surface area contributed by atoms with Gasteiger partial charge >= 0.3 is 0 Å². The van der Waals surface area contributed by atoms with Crippen LogP contribution in [0.1, 0.15) is 31.8 Å². The second-order valence-corrected chi connectivity index (χ2v) is 6.41. The molecular weight excluding hydrogens is 316 g/mol. The molecule has 5 heteroatoms. The molecule has 0 unspecified atom stereocenters. The topological polar surface area (TPSA) is 63.7 Å². The molecule has 0 N–H and O–H groups in total. The lowest BCUT2D eigenvalue weighted by molar-refractivity contribution is -0.255. The first-order valence-corrected chi connectivity index (χ1v) is 8.38. The van der Waals surface area contributed by atoms with Crippen LogP contribution in [0.4, 0.5) is 5.69 Å². The molecular formula is C20H21N2O3-. The molecule has 1 aliphatic heterocycles. The van der Waals surface area contributed by atoms with Crippen LogP contribution in [-0.4, -0.2) is 43.0 Å². The van der Waals surface area contributed by atoms with Crippen molar-refractivity contribution in [1.82, 2.24) is 4.90 Å². The van der Waals surface area contributed by atoms with Gasteiger partial charge in [0.25, 0.3) is 5.91 Å². The third-order valence-electron chi connectivity index (χ3n) is 4.79. The molecule has 130 valence electrons. The van der Waals surface area contributed by atoms with Gasteiger partial charge in [0.2, 0.25) is 0 Å². The number of benzene rings is 2. The summed E-state index contributed by atoms with van der Waals surface area (Å²) in [7, 11) is 0. The van der Waals surface area contributed by atoms with Crippen molar-refractivity contribution in [3.63, 3.8) is 0 Å². The van der Waals surface area contributed by atoms with Crippen LogP contribution in [0.25, 0.3) is 0 Å². The molecule has 3 rings (SSSR count). The van der Waals surface area contributed by atoms with E-state index < -0.39 is 5.97 Å². The van der Waals surface area contributed by atoms with Crippen LogP contribution in [-0.2, 0) is 0 Å². The third kappa shape index (κ3) is 3.65. The van der Waals surface area contributed by atoms with Crippen LogP contribution in [0.2, 0.25) is 0 Å². The van der Waals surface area contributed by atoms with Crippen LogP contribution >= 0.6 is 0 Å². The van der Waals surface area contributed by atoms with Crippen LogP contribution in [0.5, 0.6) is 0 Å². The van der Waals surface area contributed by atoms with E-state index in [1.807, 2.05) is 4.90 Å². The number of hydrogen-bond acceptors (Lipinski definition) is 4. The number of carbonyl (C=O) groups is 2. The zero-order valence-corrected chi connectivity index (χ0v) is 14.5. The maximum absolute atomic E-state index is 12.6. The van der Waals surface area contributed by atoms with Crippen molar-refractivity contribution in [3.8, 4) is 0 Å². The lowest BCUT2D eigenvalue weighted by Crippen LogP contribution is -2.48. The van der Waals surface area contributed by atoms with Gasteiger partial charge in [-0.25, -0.2) is 0 Å². The number of carbonyl (C=O) groups excluding carboxylic acids is 2. The summed E-state index contributed by atoms with van der Waals surface area (Å²) in [5, 5.41) is 10.8. The Bertz CT molecular complexity index is 791. The standard InChI is InChI=1S/C20H22N2O3/c1-14-3-8-18(13-15(14)2)21-9-11-22(12-10-21)19(23)16-4-6-17(7-5-16)20(24)25/h3-8,13H,9-12H2,1-2H3,(H,24,25)/p-1. The smallest absolute Gasteiger partial charge is 0.253 e. The van der Waals surface area contributed by atoms with E-state index in [0.717, 1.165) is 13.1 Å². The molecule has 0 spiro atoms. The number of rotatable bonds is 3. The normalized spacial score (nSPS) is 14.5. The fourth-order valence-corrected chi connectivity index (χ4v) is 3.02. The van der Waals surface area contributed by atoms with Crippen LogP contribution in [0.15, 0.2) is 42.5 Å². The second kappa shape index (κ2) is 6.97. The lowest BCUT2D eigenvalue weighted by atomic mass is 10.1. The van der Waals surface area contributed by atoms with E-state index in [1.54, 1.807) is 12.1 Å². The van der Waals surface area contributed by atoms with Crippen molar-refractivity contribution >= 4 is 17.6 Å². The largest absolute Gasteiger partial charge is 0.545 e. The molecule has 2 aromatic rings. The quantitative estimate of drug-likeness (QED) is 0.854. The number of hydrogen-bond donors (Lipinski definition) is 0. The molecule has 0 bridgehead atoms. The molecule has 0 aromatic heterocycles. The highest BCUT2D eigenvalue weighted by Crippen LogP contribution is 2.21. The number of piperazine rings is 1. The molecule has 1 saturated heterocycles. The second-order valence-electron chi connectivity index (χ2n) is 6.41. The Hall–Kier alpha value is -2.82. The average molecular weight is 337 g/mol. The lowest BCUT2D eigenvalue weighted by Gasteiger charge is -2.36. The maximum atomic E-state index is 12.6. The van der Waals surface area contributed by atoms with Gasteiger partial charge in [-0.2, -0.15) is 0 Å². The van der Waals surface area contributed by atoms with Crippen molar-refractivity contribution in [3.05, 3.63) is 64.7 Å². The minimum Gasteiger partial charge on any atom is -0.545 e. The Balaban J connectivity index is 1.64. The van der Waals surface area contributed by atoms with Crippen molar-refractivity contribution < 1.29 is 14.7 Å². The number of amides is 1. The Labute approximate surface area is 147 Å². The highest BCUT2D eigenvalue weighted by molar-refractivity contribution is 5.95. The molecule has 1 amide bonds. The summed E-state index contributed by atoms with van der Waals surface area (Å²) in [6, 6.07) is 12.3. The third-order valence-corrected chi connectivity index (χ3v) is 4.79. The monoisotopic (exact) mass is 337 g/mol. The highest BCUT2D eigenvalue weighted by Gasteiger charge is 2.22. The van der Waals surface area contributed by atoms with Crippen molar-refractivity contribution in [1.29, 1.82) is 0 Å². The van der Waals surface area contributed by atoms with Gasteiger partial charge in [0.05, 0.1) is 5.97 Å². The molecule has 1 heterocycles. The van der Waals surface area contributed by atoms with Gasteiger partial charge in [0.15, 0.2) is 0 Å². The minimum absolute atomic E-state index is 0.0652. The van der Waals surface area contributed by atoms with Gasteiger partial charge in [-0.1, -0.05) is 18.2 Å². The Morgan fingerprint density at radius 1 is 0.840 bits per heavy atom. The maximum Gasteiger partial charge on any atom is 0.253 e. The van der Waals surface area contributed by atoms with Gasteiger partial charge in [-0.3, -0.25) is 4.79 Å². The van der Waals surface area contributed by atoms with E-state index in [0.29, 0.717) is 18.7 Å². The Morgan fingerprint density at radius 2 is 1.44 bits per heavy atom. The summed E-state index contributed by atoms with van der Waals surface area (Å²) in [5.41, 5.74) is 4.32.